The Labute approximate surface area is 224 Å². The molecule has 0 bridgehead atoms. The second-order valence-electron chi connectivity index (χ2n) is 13.3. The summed E-state index contributed by atoms with van der Waals surface area (Å²) in [7, 11) is 2.98. The van der Waals surface area contributed by atoms with Crippen LogP contribution in [-0.2, 0) is 0 Å². The second-order valence-corrected chi connectivity index (χ2v) is 17.1. The summed E-state index contributed by atoms with van der Waals surface area (Å²) in [6.45, 7) is 32.9. The van der Waals surface area contributed by atoms with Crippen LogP contribution < -0.4 is 14.8 Å². The minimum Gasteiger partial charge on any atom is -0.493 e. The molecule has 0 amide bonds. The van der Waals surface area contributed by atoms with E-state index in [-0.39, 0.29) is 10.3 Å². The minimum atomic E-state index is -0.578. The molecule has 0 fully saturated rings. The lowest BCUT2D eigenvalue weighted by Crippen LogP contribution is -2.34. The maximum Gasteiger partial charge on any atom is 0.164 e. The molecule has 3 heteroatoms. The van der Waals surface area contributed by atoms with Crippen molar-refractivity contribution in [2.75, 3.05) is 14.2 Å². The molecular formula is C33H53O2P. The van der Waals surface area contributed by atoms with Gasteiger partial charge in [0.15, 0.2) is 11.5 Å². The van der Waals surface area contributed by atoms with Gasteiger partial charge in [-0.2, -0.15) is 0 Å². The Bertz CT molecular complexity index is 1040. The summed E-state index contributed by atoms with van der Waals surface area (Å²) >= 11 is 0. The summed E-state index contributed by atoms with van der Waals surface area (Å²) in [6, 6.07) is 4.95. The maximum atomic E-state index is 6.06. The van der Waals surface area contributed by atoms with Crippen LogP contribution in [0.15, 0.2) is 12.1 Å². The molecule has 0 aliphatic heterocycles. The van der Waals surface area contributed by atoms with E-state index in [4.69, 9.17) is 9.47 Å². The zero-order valence-electron chi connectivity index (χ0n) is 26.2. The molecule has 0 saturated carbocycles. The fraction of sp³-hybridized carbons (Fsp3) is 0.636. The van der Waals surface area contributed by atoms with Gasteiger partial charge in [0, 0.05) is 11.1 Å². The van der Waals surface area contributed by atoms with Crippen LogP contribution in [0, 0.1) is 13.8 Å². The Kier molecular flexibility index (Phi) is 9.43. The predicted octanol–water partition coefficient (Wildman–Crippen LogP) is 10.1. The first-order chi connectivity index (χ1) is 16.4. The molecule has 36 heavy (non-hydrogen) atoms. The Balaban J connectivity index is 3.35. The zero-order valence-corrected chi connectivity index (χ0v) is 27.0. The number of hydrogen-bond acceptors (Lipinski definition) is 2. The standard InChI is InChI=1S/C33H53O2P/c1-19(2)24-17-25(20(3)4)28(26(18-24)21(5)6)27-22(7)29(34-15)30(35-16)23(8)31(27)36(32(9,10)11)33(12,13)14/h17-21H,1-16H3. The van der Waals surface area contributed by atoms with E-state index < -0.39 is 7.92 Å². The van der Waals surface area contributed by atoms with Crippen LogP contribution in [0.4, 0.5) is 0 Å². The van der Waals surface area contributed by atoms with Crippen molar-refractivity contribution >= 4 is 13.2 Å². The summed E-state index contributed by atoms with van der Waals surface area (Å²) in [5.41, 5.74) is 9.53. The summed E-state index contributed by atoms with van der Waals surface area (Å²) in [5.74, 6) is 3.05. The minimum absolute atomic E-state index is 0.118. The molecule has 2 aromatic rings. The van der Waals surface area contributed by atoms with Gasteiger partial charge in [-0.3, -0.25) is 0 Å². The van der Waals surface area contributed by atoms with Crippen molar-refractivity contribution in [3.63, 3.8) is 0 Å². The molecule has 2 aromatic carbocycles. The molecule has 0 aromatic heterocycles. The lowest BCUT2D eigenvalue weighted by Gasteiger charge is -2.44. The van der Waals surface area contributed by atoms with E-state index in [1.54, 1.807) is 14.2 Å². The van der Waals surface area contributed by atoms with E-state index >= 15 is 0 Å². The highest BCUT2D eigenvalue weighted by atomic mass is 31.1. The average Bonchev–Trinajstić information content (AvgIpc) is 2.72. The van der Waals surface area contributed by atoms with Gasteiger partial charge in [-0.15, -0.1) is 0 Å². The first-order valence-corrected chi connectivity index (χ1v) is 15.0. The van der Waals surface area contributed by atoms with Crippen molar-refractivity contribution < 1.29 is 9.47 Å². The van der Waals surface area contributed by atoms with Gasteiger partial charge < -0.3 is 9.47 Å². The molecule has 0 atom stereocenters. The molecule has 0 N–H and O–H groups in total. The quantitative estimate of drug-likeness (QED) is 0.344. The number of benzene rings is 2. The lowest BCUT2D eigenvalue weighted by molar-refractivity contribution is 0.351. The van der Waals surface area contributed by atoms with E-state index in [2.05, 4.69) is 109 Å². The highest BCUT2D eigenvalue weighted by Crippen LogP contribution is 2.62. The normalized spacial score (nSPS) is 12.9. The third-order valence-electron chi connectivity index (χ3n) is 7.21. The topological polar surface area (TPSA) is 18.5 Å². The molecule has 0 unspecified atom stereocenters. The summed E-state index contributed by atoms with van der Waals surface area (Å²) in [6.07, 6.45) is 0. The van der Waals surface area contributed by atoms with Gasteiger partial charge in [0.05, 0.1) is 14.2 Å². The third kappa shape index (κ3) is 5.80. The molecule has 0 aliphatic rings. The highest BCUT2D eigenvalue weighted by molar-refractivity contribution is 7.69. The fourth-order valence-corrected chi connectivity index (χ4v) is 10.2. The molecule has 2 rings (SSSR count). The Hall–Kier alpha value is -1.53. The van der Waals surface area contributed by atoms with E-state index in [1.165, 1.54) is 44.2 Å². The van der Waals surface area contributed by atoms with Gasteiger partial charge in [0.1, 0.15) is 0 Å². The monoisotopic (exact) mass is 512 g/mol. The van der Waals surface area contributed by atoms with Crippen molar-refractivity contribution in [1.82, 2.24) is 0 Å². The van der Waals surface area contributed by atoms with Gasteiger partial charge in [-0.25, -0.2) is 0 Å². The van der Waals surface area contributed by atoms with Crippen LogP contribution in [0.5, 0.6) is 11.5 Å². The summed E-state index contributed by atoms with van der Waals surface area (Å²) in [4.78, 5) is 0. The van der Waals surface area contributed by atoms with Crippen molar-refractivity contribution in [1.29, 1.82) is 0 Å². The van der Waals surface area contributed by atoms with E-state index in [0.29, 0.717) is 17.8 Å². The number of ether oxygens (including phenoxy) is 2. The number of methoxy groups -OCH3 is 2. The third-order valence-corrected chi connectivity index (χ3v) is 10.9. The van der Waals surface area contributed by atoms with Crippen LogP contribution >= 0.6 is 7.92 Å². The van der Waals surface area contributed by atoms with E-state index in [1.807, 2.05) is 0 Å². The predicted molar refractivity (Wildman–Crippen MR) is 163 cm³/mol. The number of hydrogen-bond donors (Lipinski definition) is 0. The van der Waals surface area contributed by atoms with E-state index in [0.717, 1.165) is 11.5 Å². The molecular weight excluding hydrogens is 459 g/mol. The lowest BCUT2D eigenvalue weighted by atomic mass is 9.80. The fourth-order valence-electron chi connectivity index (χ4n) is 5.93. The molecule has 2 nitrogen and oxygen atoms in total. The van der Waals surface area contributed by atoms with Crippen LogP contribution in [0.2, 0.25) is 0 Å². The van der Waals surface area contributed by atoms with Crippen LogP contribution in [0.25, 0.3) is 11.1 Å². The van der Waals surface area contributed by atoms with Crippen molar-refractivity contribution in [2.24, 2.45) is 0 Å². The van der Waals surface area contributed by atoms with Crippen LogP contribution in [-0.4, -0.2) is 24.5 Å². The van der Waals surface area contributed by atoms with Crippen molar-refractivity contribution in [3.05, 3.63) is 39.9 Å². The van der Waals surface area contributed by atoms with Gasteiger partial charge in [0.25, 0.3) is 0 Å². The van der Waals surface area contributed by atoms with Gasteiger partial charge in [-0.1, -0.05) is 103 Å². The zero-order chi connectivity index (χ0) is 27.9. The first-order valence-electron chi connectivity index (χ1n) is 13.6. The number of rotatable bonds is 7. The first kappa shape index (κ1) is 30.7. The SMILES string of the molecule is COc1c(C)c(-c2c(C(C)C)cc(C(C)C)cc2C(C)C)c(P(C(C)(C)C)C(C)(C)C)c(C)c1OC. The molecule has 0 heterocycles. The smallest absolute Gasteiger partial charge is 0.164 e. The summed E-state index contributed by atoms with van der Waals surface area (Å²) in [5, 5.41) is 1.71. The van der Waals surface area contributed by atoms with Gasteiger partial charge >= 0.3 is 0 Å². The van der Waals surface area contributed by atoms with E-state index in [9.17, 15) is 0 Å². The van der Waals surface area contributed by atoms with Gasteiger partial charge in [0.2, 0.25) is 0 Å². The van der Waals surface area contributed by atoms with Crippen LogP contribution in [0.1, 0.15) is 129 Å². The van der Waals surface area contributed by atoms with Crippen molar-refractivity contribution in [3.8, 4) is 22.6 Å². The maximum absolute atomic E-state index is 6.06. The highest BCUT2D eigenvalue weighted by Gasteiger charge is 2.41. The molecule has 0 saturated heterocycles. The van der Waals surface area contributed by atoms with Crippen LogP contribution in [0.3, 0.4) is 0 Å². The van der Waals surface area contributed by atoms with Gasteiger partial charge in [-0.05, 0) is 75.0 Å². The second kappa shape index (κ2) is 11.1. The largest absolute Gasteiger partial charge is 0.493 e. The van der Waals surface area contributed by atoms with Crippen molar-refractivity contribution in [2.45, 2.75) is 125 Å². The molecule has 0 radical (unpaired) electrons. The summed E-state index contributed by atoms with van der Waals surface area (Å²) < 4.78 is 12.1. The Morgan fingerprint density at radius 2 is 1.00 bits per heavy atom. The average molecular weight is 513 g/mol. The Morgan fingerprint density at radius 1 is 0.611 bits per heavy atom. The molecule has 0 aliphatic carbocycles. The molecule has 0 spiro atoms. The Morgan fingerprint density at radius 3 is 1.31 bits per heavy atom. The molecule has 202 valence electrons.